The lowest BCUT2D eigenvalue weighted by Crippen LogP contribution is -2.08. The molecule has 1 aliphatic rings. The zero-order valence-electron chi connectivity index (χ0n) is 9.12. The minimum Gasteiger partial charge on any atom is -0.492 e. The van der Waals surface area contributed by atoms with E-state index in [1.54, 1.807) is 6.07 Å². The Kier molecular flexibility index (Phi) is 1.99. The number of hydrogen-bond acceptors (Lipinski definition) is 2. The van der Waals surface area contributed by atoms with E-state index >= 15 is 0 Å². The van der Waals surface area contributed by atoms with E-state index in [0.29, 0.717) is 18.1 Å². The minimum atomic E-state index is 0.478. The lowest BCUT2D eigenvalue weighted by Gasteiger charge is -2.09. The highest BCUT2D eigenvalue weighted by Gasteiger charge is 2.20. The second-order valence-corrected chi connectivity index (χ2v) is 4.46. The Labute approximate surface area is 93.4 Å². The number of aromatic amines is 1. The summed E-state index contributed by atoms with van der Waals surface area (Å²) in [7, 11) is 0. The molecule has 0 fully saturated rings. The van der Waals surface area contributed by atoms with E-state index in [2.05, 4.69) is 11.9 Å². The van der Waals surface area contributed by atoms with Gasteiger partial charge in [0.05, 0.1) is 12.2 Å². The van der Waals surface area contributed by atoms with Crippen molar-refractivity contribution in [3.8, 4) is 5.75 Å². The molecule has 0 radical (unpaired) electrons. The number of aldehydes is 1. The van der Waals surface area contributed by atoms with Crippen LogP contribution in [0.5, 0.6) is 5.75 Å². The first-order valence-corrected chi connectivity index (χ1v) is 5.50. The van der Waals surface area contributed by atoms with Crippen molar-refractivity contribution >= 4 is 17.2 Å². The number of aromatic nitrogens is 1. The summed E-state index contributed by atoms with van der Waals surface area (Å²) < 4.78 is 5.76. The molecular formula is C13H13NO2. The van der Waals surface area contributed by atoms with Crippen LogP contribution in [0, 0.1) is 5.92 Å². The predicted octanol–water partition coefficient (Wildman–Crippen LogP) is 2.55. The van der Waals surface area contributed by atoms with Crippen molar-refractivity contribution in [1.29, 1.82) is 0 Å². The van der Waals surface area contributed by atoms with Gasteiger partial charge in [-0.15, -0.1) is 0 Å². The molecule has 2 heterocycles. The smallest absolute Gasteiger partial charge is 0.153 e. The summed E-state index contributed by atoms with van der Waals surface area (Å²) in [6.45, 7) is 2.83. The first kappa shape index (κ1) is 9.46. The monoisotopic (exact) mass is 215 g/mol. The summed E-state index contributed by atoms with van der Waals surface area (Å²) in [5, 5.41) is 1.08. The van der Waals surface area contributed by atoms with E-state index in [0.717, 1.165) is 29.4 Å². The van der Waals surface area contributed by atoms with Gasteiger partial charge in [0.25, 0.3) is 0 Å². The SMILES string of the molecule is CC1COc2c(C=O)ccc3[nH]cc(c23)C1. The maximum absolute atomic E-state index is 11.0. The molecule has 0 saturated carbocycles. The molecule has 3 rings (SSSR count). The second kappa shape index (κ2) is 3.37. The highest BCUT2D eigenvalue weighted by atomic mass is 16.5. The Balaban J connectivity index is 2.34. The van der Waals surface area contributed by atoms with Crippen LogP contribution in [0.4, 0.5) is 0 Å². The van der Waals surface area contributed by atoms with Crippen LogP contribution in [-0.4, -0.2) is 17.9 Å². The number of rotatable bonds is 1. The van der Waals surface area contributed by atoms with E-state index < -0.39 is 0 Å². The Morgan fingerprint density at radius 3 is 3.19 bits per heavy atom. The maximum atomic E-state index is 11.0. The predicted molar refractivity (Wildman–Crippen MR) is 62.0 cm³/mol. The maximum Gasteiger partial charge on any atom is 0.153 e. The van der Waals surface area contributed by atoms with Crippen molar-refractivity contribution in [3.63, 3.8) is 0 Å². The summed E-state index contributed by atoms with van der Waals surface area (Å²) in [4.78, 5) is 14.2. The number of hydrogen-bond donors (Lipinski definition) is 1. The summed E-state index contributed by atoms with van der Waals surface area (Å²) in [5.41, 5.74) is 2.94. The van der Waals surface area contributed by atoms with Gasteiger partial charge < -0.3 is 9.72 Å². The summed E-state index contributed by atoms with van der Waals surface area (Å²) in [6, 6.07) is 3.74. The summed E-state index contributed by atoms with van der Waals surface area (Å²) in [6.07, 6.45) is 3.88. The number of carbonyl (C=O) groups is 1. The van der Waals surface area contributed by atoms with Gasteiger partial charge in [-0.05, 0) is 30.0 Å². The lowest BCUT2D eigenvalue weighted by atomic mass is 10.0. The van der Waals surface area contributed by atoms with Crippen LogP contribution in [-0.2, 0) is 6.42 Å². The van der Waals surface area contributed by atoms with E-state index in [-0.39, 0.29) is 0 Å². The van der Waals surface area contributed by atoms with Gasteiger partial charge in [0.2, 0.25) is 0 Å². The van der Waals surface area contributed by atoms with Crippen LogP contribution in [0.1, 0.15) is 22.8 Å². The Hall–Kier alpha value is -1.77. The molecule has 1 aromatic heterocycles. The quantitative estimate of drug-likeness (QED) is 0.743. The third-order valence-electron chi connectivity index (χ3n) is 3.12. The number of benzene rings is 1. The Bertz CT molecular complexity index is 556. The molecular weight excluding hydrogens is 202 g/mol. The summed E-state index contributed by atoms with van der Waals surface area (Å²) in [5.74, 6) is 1.22. The molecule has 3 nitrogen and oxygen atoms in total. The molecule has 82 valence electrons. The highest BCUT2D eigenvalue weighted by Crippen LogP contribution is 2.35. The zero-order valence-corrected chi connectivity index (χ0v) is 9.12. The van der Waals surface area contributed by atoms with Crippen molar-refractivity contribution in [2.24, 2.45) is 5.92 Å². The van der Waals surface area contributed by atoms with Gasteiger partial charge in [-0.25, -0.2) is 0 Å². The molecule has 1 N–H and O–H groups in total. The minimum absolute atomic E-state index is 0.478. The van der Waals surface area contributed by atoms with E-state index in [1.807, 2.05) is 12.3 Å². The van der Waals surface area contributed by atoms with Crippen molar-refractivity contribution < 1.29 is 9.53 Å². The Morgan fingerprint density at radius 1 is 1.50 bits per heavy atom. The van der Waals surface area contributed by atoms with Crippen LogP contribution in [0.2, 0.25) is 0 Å². The number of carbonyl (C=O) groups excluding carboxylic acids is 1. The van der Waals surface area contributed by atoms with Crippen LogP contribution in [0.3, 0.4) is 0 Å². The van der Waals surface area contributed by atoms with Gasteiger partial charge in [0.15, 0.2) is 6.29 Å². The van der Waals surface area contributed by atoms with Crippen LogP contribution < -0.4 is 4.74 Å². The number of ether oxygens (including phenoxy) is 1. The molecule has 2 aromatic rings. The van der Waals surface area contributed by atoms with Crippen molar-refractivity contribution in [2.75, 3.05) is 6.61 Å². The average Bonchev–Trinajstić information content (AvgIpc) is 2.61. The molecule has 0 bridgehead atoms. The third kappa shape index (κ3) is 1.24. The average molecular weight is 215 g/mol. The number of nitrogens with one attached hydrogen (secondary N) is 1. The van der Waals surface area contributed by atoms with E-state index in [9.17, 15) is 4.79 Å². The molecule has 1 unspecified atom stereocenters. The van der Waals surface area contributed by atoms with Gasteiger partial charge in [-0.1, -0.05) is 6.92 Å². The van der Waals surface area contributed by atoms with Gasteiger partial charge >= 0.3 is 0 Å². The van der Waals surface area contributed by atoms with Crippen molar-refractivity contribution in [2.45, 2.75) is 13.3 Å². The van der Waals surface area contributed by atoms with E-state index in [4.69, 9.17) is 4.74 Å². The fourth-order valence-corrected chi connectivity index (χ4v) is 2.34. The molecule has 3 heteroatoms. The molecule has 0 spiro atoms. The third-order valence-corrected chi connectivity index (χ3v) is 3.12. The standard InChI is InChI=1S/C13H13NO2/c1-8-4-10-5-14-11-3-2-9(6-15)13(12(10)11)16-7-8/h2-3,5-6,8,14H,4,7H2,1H3. The van der Waals surface area contributed by atoms with E-state index in [1.165, 1.54) is 5.56 Å². The molecule has 1 aliphatic heterocycles. The van der Waals surface area contributed by atoms with Crippen LogP contribution in [0.15, 0.2) is 18.3 Å². The van der Waals surface area contributed by atoms with Crippen molar-refractivity contribution in [1.82, 2.24) is 4.98 Å². The Morgan fingerprint density at radius 2 is 2.38 bits per heavy atom. The molecule has 0 aliphatic carbocycles. The molecule has 1 aromatic carbocycles. The largest absolute Gasteiger partial charge is 0.492 e. The van der Waals surface area contributed by atoms with Crippen LogP contribution >= 0.6 is 0 Å². The summed E-state index contributed by atoms with van der Waals surface area (Å²) >= 11 is 0. The zero-order chi connectivity index (χ0) is 11.1. The van der Waals surface area contributed by atoms with Crippen LogP contribution in [0.25, 0.3) is 10.9 Å². The second-order valence-electron chi connectivity index (χ2n) is 4.46. The molecule has 0 saturated heterocycles. The molecule has 1 atom stereocenters. The van der Waals surface area contributed by atoms with Gasteiger partial charge in [-0.3, -0.25) is 4.79 Å². The lowest BCUT2D eigenvalue weighted by molar-refractivity contribution is 0.111. The molecule has 0 amide bonds. The fraction of sp³-hybridized carbons (Fsp3) is 0.308. The van der Waals surface area contributed by atoms with Gasteiger partial charge in [0, 0.05) is 17.1 Å². The number of H-pyrrole nitrogens is 1. The highest BCUT2D eigenvalue weighted by molar-refractivity contribution is 5.97. The first-order valence-electron chi connectivity index (χ1n) is 5.50. The fourth-order valence-electron chi connectivity index (χ4n) is 2.34. The van der Waals surface area contributed by atoms with Gasteiger partial charge in [-0.2, -0.15) is 0 Å². The van der Waals surface area contributed by atoms with Gasteiger partial charge in [0.1, 0.15) is 5.75 Å². The normalized spacial score (nSPS) is 19.2. The topological polar surface area (TPSA) is 42.1 Å². The first-order chi connectivity index (χ1) is 7.79. The molecule has 16 heavy (non-hydrogen) atoms. The van der Waals surface area contributed by atoms with Crippen molar-refractivity contribution in [3.05, 3.63) is 29.5 Å².